The summed E-state index contributed by atoms with van der Waals surface area (Å²) >= 11 is 5.78. The van der Waals surface area contributed by atoms with Crippen molar-refractivity contribution in [3.63, 3.8) is 0 Å². The molecule has 3 aromatic carbocycles. The third-order valence-corrected chi connectivity index (χ3v) is 3.99. The summed E-state index contributed by atoms with van der Waals surface area (Å²) in [4.78, 5) is 23.7. The Kier molecular flexibility index (Phi) is 7.13. The second kappa shape index (κ2) is 10.2. The van der Waals surface area contributed by atoms with Gasteiger partial charge in [-0.1, -0.05) is 17.7 Å². The minimum absolute atomic E-state index is 0.115. The van der Waals surface area contributed by atoms with Crippen LogP contribution < -0.4 is 14.9 Å². The van der Waals surface area contributed by atoms with Crippen LogP contribution in [0.1, 0.15) is 15.9 Å². The molecule has 0 bridgehead atoms. The maximum atomic E-state index is 13.2. The average molecular weight is 427 g/mol. The van der Waals surface area contributed by atoms with Crippen LogP contribution in [0.2, 0.25) is 5.02 Å². The highest BCUT2D eigenvalue weighted by Crippen LogP contribution is 2.16. The van der Waals surface area contributed by atoms with Gasteiger partial charge in [-0.15, -0.1) is 0 Å². The third-order valence-electron chi connectivity index (χ3n) is 3.74. The number of hydrazone groups is 1. The highest BCUT2D eigenvalue weighted by molar-refractivity contribution is 6.30. The van der Waals surface area contributed by atoms with E-state index >= 15 is 0 Å². The monoisotopic (exact) mass is 426 g/mol. The van der Waals surface area contributed by atoms with Gasteiger partial charge < -0.3 is 9.47 Å². The van der Waals surface area contributed by atoms with Crippen LogP contribution in [-0.4, -0.2) is 24.7 Å². The van der Waals surface area contributed by atoms with Gasteiger partial charge in [0, 0.05) is 5.02 Å². The number of nitrogens with one attached hydrogen (secondary N) is 1. The molecule has 1 N–H and O–H groups in total. The molecule has 1 amide bonds. The SMILES string of the molecule is O=C(COc1ccc(Cl)cc1)N/N=C\c1ccc(OC(=O)c2cccc(F)c2)cc1. The number of carbonyl (C=O) groups excluding carboxylic acids is 2. The first-order valence-electron chi connectivity index (χ1n) is 8.78. The molecule has 30 heavy (non-hydrogen) atoms. The Balaban J connectivity index is 1.46. The van der Waals surface area contributed by atoms with E-state index in [0.717, 1.165) is 6.07 Å². The van der Waals surface area contributed by atoms with Gasteiger partial charge in [0.1, 0.15) is 17.3 Å². The first kappa shape index (κ1) is 21.0. The molecule has 152 valence electrons. The highest BCUT2D eigenvalue weighted by Gasteiger charge is 2.09. The topological polar surface area (TPSA) is 77.0 Å². The first-order chi connectivity index (χ1) is 14.5. The van der Waals surface area contributed by atoms with Crippen LogP contribution in [0.15, 0.2) is 77.9 Å². The number of esters is 1. The Hall–Kier alpha value is -3.71. The number of benzene rings is 3. The Morgan fingerprint density at radius 1 is 1.00 bits per heavy atom. The lowest BCUT2D eigenvalue weighted by molar-refractivity contribution is -0.123. The molecule has 0 unspecified atom stereocenters. The first-order valence-corrected chi connectivity index (χ1v) is 9.15. The summed E-state index contributed by atoms with van der Waals surface area (Å²) < 4.78 is 23.7. The van der Waals surface area contributed by atoms with E-state index in [0.29, 0.717) is 22.1 Å². The van der Waals surface area contributed by atoms with E-state index in [-0.39, 0.29) is 12.2 Å². The predicted octanol–water partition coefficient (Wildman–Crippen LogP) is 4.23. The molecule has 0 radical (unpaired) electrons. The lowest BCUT2D eigenvalue weighted by Crippen LogP contribution is -2.24. The fourth-order valence-corrected chi connectivity index (χ4v) is 2.42. The van der Waals surface area contributed by atoms with Crippen LogP contribution in [0.25, 0.3) is 0 Å². The van der Waals surface area contributed by atoms with Crippen LogP contribution in [0.4, 0.5) is 4.39 Å². The maximum absolute atomic E-state index is 13.2. The number of nitrogens with zero attached hydrogens (tertiary/aromatic N) is 1. The summed E-state index contributed by atoms with van der Waals surface area (Å²) in [6.07, 6.45) is 1.43. The Morgan fingerprint density at radius 3 is 2.40 bits per heavy atom. The summed E-state index contributed by atoms with van der Waals surface area (Å²) in [6.45, 7) is -0.200. The highest BCUT2D eigenvalue weighted by atomic mass is 35.5. The molecule has 0 aliphatic carbocycles. The lowest BCUT2D eigenvalue weighted by Gasteiger charge is -2.05. The van der Waals surface area contributed by atoms with Gasteiger partial charge in [-0.05, 0) is 72.3 Å². The summed E-state index contributed by atoms with van der Waals surface area (Å²) in [5.41, 5.74) is 3.13. The fraction of sp³-hybridized carbons (Fsp3) is 0.0455. The largest absolute Gasteiger partial charge is 0.484 e. The van der Waals surface area contributed by atoms with E-state index < -0.39 is 17.7 Å². The van der Waals surface area contributed by atoms with Crippen LogP contribution in [0.5, 0.6) is 11.5 Å². The Labute approximate surface area is 176 Å². The normalized spacial score (nSPS) is 10.6. The van der Waals surface area contributed by atoms with Crippen molar-refractivity contribution in [2.24, 2.45) is 5.10 Å². The number of rotatable bonds is 7. The second-order valence-corrected chi connectivity index (χ2v) is 6.44. The summed E-state index contributed by atoms with van der Waals surface area (Å²) in [5.74, 6) is -0.800. The van der Waals surface area contributed by atoms with E-state index in [1.807, 2.05) is 0 Å². The van der Waals surface area contributed by atoms with Crippen molar-refractivity contribution in [1.29, 1.82) is 0 Å². The summed E-state index contributed by atoms with van der Waals surface area (Å²) in [6, 6.07) is 18.3. The minimum atomic E-state index is -0.663. The summed E-state index contributed by atoms with van der Waals surface area (Å²) in [7, 11) is 0. The quantitative estimate of drug-likeness (QED) is 0.265. The molecule has 0 saturated heterocycles. The molecule has 6 nitrogen and oxygen atoms in total. The second-order valence-electron chi connectivity index (χ2n) is 6.00. The molecule has 0 aliphatic rings. The van der Waals surface area contributed by atoms with Crippen LogP contribution in [0, 0.1) is 5.82 Å². The molecule has 3 aromatic rings. The van der Waals surface area contributed by atoms with Crippen molar-refractivity contribution < 1.29 is 23.5 Å². The molecule has 0 atom stereocenters. The molecular weight excluding hydrogens is 411 g/mol. The number of hydrogen-bond donors (Lipinski definition) is 1. The molecule has 0 aromatic heterocycles. The van der Waals surface area contributed by atoms with Gasteiger partial charge in [-0.3, -0.25) is 4.79 Å². The van der Waals surface area contributed by atoms with Gasteiger partial charge in [0.25, 0.3) is 5.91 Å². The van der Waals surface area contributed by atoms with Crippen molar-refractivity contribution in [3.05, 3.63) is 94.8 Å². The van der Waals surface area contributed by atoms with Gasteiger partial charge in [0.05, 0.1) is 11.8 Å². The third kappa shape index (κ3) is 6.42. The Bertz CT molecular complexity index is 1050. The molecule has 0 saturated carbocycles. The predicted molar refractivity (Wildman–Crippen MR) is 110 cm³/mol. The number of hydrogen-bond acceptors (Lipinski definition) is 5. The number of amides is 1. The molecular formula is C22H16ClFN2O4. The van der Waals surface area contributed by atoms with Gasteiger partial charge in [0.2, 0.25) is 0 Å². The fourth-order valence-electron chi connectivity index (χ4n) is 2.29. The smallest absolute Gasteiger partial charge is 0.343 e. The minimum Gasteiger partial charge on any atom is -0.484 e. The Morgan fingerprint density at radius 2 is 1.70 bits per heavy atom. The van der Waals surface area contributed by atoms with Gasteiger partial charge in [-0.25, -0.2) is 14.6 Å². The van der Waals surface area contributed by atoms with E-state index in [2.05, 4.69) is 10.5 Å². The molecule has 0 fully saturated rings. The molecule has 0 spiro atoms. The van der Waals surface area contributed by atoms with Crippen molar-refractivity contribution in [2.45, 2.75) is 0 Å². The van der Waals surface area contributed by atoms with E-state index in [4.69, 9.17) is 21.1 Å². The zero-order valence-electron chi connectivity index (χ0n) is 15.5. The molecule has 3 rings (SSSR count). The van der Waals surface area contributed by atoms with E-state index in [1.165, 1.54) is 24.4 Å². The molecule has 0 heterocycles. The molecule has 8 heteroatoms. The number of carbonyl (C=O) groups is 2. The lowest BCUT2D eigenvalue weighted by atomic mass is 10.2. The van der Waals surface area contributed by atoms with Crippen molar-refractivity contribution in [1.82, 2.24) is 5.43 Å². The van der Waals surface area contributed by atoms with Gasteiger partial charge >= 0.3 is 5.97 Å². The van der Waals surface area contributed by atoms with Crippen molar-refractivity contribution in [3.8, 4) is 11.5 Å². The van der Waals surface area contributed by atoms with Crippen LogP contribution in [-0.2, 0) is 4.79 Å². The van der Waals surface area contributed by atoms with Crippen LogP contribution in [0.3, 0.4) is 0 Å². The van der Waals surface area contributed by atoms with Gasteiger partial charge in [0.15, 0.2) is 6.61 Å². The van der Waals surface area contributed by atoms with Crippen molar-refractivity contribution >= 4 is 29.7 Å². The van der Waals surface area contributed by atoms with E-state index in [1.54, 1.807) is 48.5 Å². The van der Waals surface area contributed by atoms with E-state index in [9.17, 15) is 14.0 Å². The summed E-state index contributed by atoms with van der Waals surface area (Å²) in [5, 5.41) is 4.42. The standard InChI is InChI=1S/C22H16ClFN2O4/c23-17-6-10-19(11-7-17)29-14-21(27)26-25-13-15-4-8-20(9-5-15)30-22(28)16-2-1-3-18(24)12-16/h1-13H,14H2,(H,26,27)/b25-13-. The van der Waals surface area contributed by atoms with Crippen molar-refractivity contribution in [2.75, 3.05) is 6.61 Å². The zero-order valence-corrected chi connectivity index (χ0v) is 16.3. The van der Waals surface area contributed by atoms with Gasteiger partial charge in [-0.2, -0.15) is 5.10 Å². The number of ether oxygens (including phenoxy) is 2. The average Bonchev–Trinajstić information content (AvgIpc) is 2.74. The number of halogens is 2. The molecule has 0 aliphatic heterocycles. The zero-order chi connectivity index (χ0) is 21.3. The maximum Gasteiger partial charge on any atom is 0.343 e. The van der Waals surface area contributed by atoms with Crippen LogP contribution >= 0.6 is 11.6 Å².